The number of nitrogens with one attached hydrogen (secondary N) is 1. The number of aromatic amines is 1. The molecule has 0 amide bonds. The van der Waals surface area contributed by atoms with E-state index in [2.05, 4.69) is 30.7 Å². The van der Waals surface area contributed by atoms with E-state index in [4.69, 9.17) is 5.73 Å². The summed E-state index contributed by atoms with van der Waals surface area (Å²) in [5.41, 5.74) is 5.43. The van der Waals surface area contributed by atoms with Gasteiger partial charge in [-0.05, 0) is 23.3 Å². The number of thioether (sulfide) groups is 1. The SMILES string of the molecule is Nc1nc(SCc2nnnn2C2CC2)n[nH]1. The van der Waals surface area contributed by atoms with Crippen molar-refractivity contribution in [2.75, 3.05) is 5.73 Å². The Morgan fingerprint density at radius 1 is 1.50 bits per heavy atom. The molecule has 0 unspecified atom stereocenters. The van der Waals surface area contributed by atoms with Crippen LogP contribution in [0.4, 0.5) is 5.95 Å². The molecule has 2 aromatic rings. The minimum Gasteiger partial charge on any atom is -0.368 e. The van der Waals surface area contributed by atoms with E-state index in [-0.39, 0.29) is 0 Å². The van der Waals surface area contributed by atoms with Crippen LogP contribution >= 0.6 is 11.8 Å². The summed E-state index contributed by atoms with van der Waals surface area (Å²) in [6.45, 7) is 0. The zero-order valence-electron chi connectivity index (χ0n) is 8.37. The molecule has 0 aliphatic heterocycles. The summed E-state index contributed by atoms with van der Waals surface area (Å²) in [6, 6.07) is 0.489. The largest absolute Gasteiger partial charge is 0.368 e. The topological polar surface area (TPSA) is 111 Å². The predicted octanol–water partition coefficient (Wildman–Crippen LogP) is 0.000600. The van der Waals surface area contributed by atoms with Crippen LogP contribution in [0.5, 0.6) is 0 Å². The van der Waals surface area contributed by atoms with Crippen LogP contribution in [0.25, 0.3) is 0 Å². The number of hydrogen-bond acceptors (Lipinski definition) is 7. The first-order valence-corrected chi connectivity index (χ1v) is 5.89. The Balaban J connectivity index is 1.67. The number of nitrogen functional groups attached to an aromatic ring is 1. The highest BCUT2D eigenvalue weighted by Crippen LogP contribution is 2.35. The second-order valence-corrected chi connectivity index (χ2v) is 4.51. The van der Waals surface area contributed by atoms with Gasteiger partial charge < -0.3 is 5.73 Å². The standard InChI is InChI=1S/C7H10N8S/c8-6-9-7(12-11-6)16-3-5-10-13-14-15(5)4-1-2-4/h4H,1-3H2,(H3,8,9,11,12). The van der Waals surface area contributed by atoms with Crippen LogP contribution in [0.1, 0.15) is 24.7 Å². The Morgan fingerprint density at radius 2 is 2.38 bits per heavy atom. The van der Waals surface area contributed by atoms with Gasteiger partial charge in [0.15, 0.2) is 5.82 Å². The molecule has 9 heteroatoms. The lowest BCUT2D eigenvalue weighted by Gasteiger charge is -1.99. The van der Waals surface area contributed by atoms with Crippen LogP contribution in [0, 0.1) is 0 Å². The number of nitrogens with zero attached hydrogens (tertiary/aromatic N) is 6. The Hall–Kier alpha value is -1.64. The van der Waals surface area contributed by atoms with Gasteiger partial charge in [0.1, 0.15) is 0 Å². The number of hydrogen-bond donors (Lipinski definition) is 2. The zero-order chi connectivity index (χ0) is 11.0. The van der Waals surface area contributed by atoms with Crippen molar-refractivity contribution in [3.05, 3.63) is 5.82 Å². The summed E-state index contributed by atoms with van der Waals surface area (Å²) in [5.74, 6) is 1.83. The predicted molar refractivity (Wildman–Crippen MR) is 56.4 cm³/mol. The molecule has 0 atom stereocenters. The van der Waals surface area contributed by atoms with Crippen LogP contribution in [-0.4, -0.2) is 35.4 Å². The molecule has 3 rings (SSSR count). The molecule has 2 aromatic heterocycles. The molecule has 16 heavy (non-hydrogen) atoms. The summed E-state index contributed by atoms with van der Waals surface area (Å²) < 4.78 is 1.88. The molecule has 0 saturated heterocycles. The third-order valence-corrected chi connectivity index (χ3v) is 3.11. The molecule has 1 fully saturated rings. The first-order valence-electron chi connectivity index (χ1n) is 4.90. The number of anilines is 1. The number of nitrogens with two attached hydrogens (primary N) is 1. The number of tetrazole rings is 1. The normalized spacial score (nSPS) is 15.5. The fourth-order valence-electron chi connectivity index (χ4n) is 1.36. The van der Waals surface area contributed by atoms with E-state index in [0.717, 1.165) is 18.7 Å². The van der Waals surface area contributed by atoms with Crippen molar-refractivity contribution in [2.24, 2.45) is 0 Å². The maximum absolute atomic E-state index is 5.43. The minimum atomic E-state index is 0.323. The lowest BCUT2D eigenvalue weighted by molar-refractivity contribution is 0.593. The minimum absolute atomic E-state index is 0.323. The van der Waals surface area contributed by atoms with Crippen molar-refractivity contribution < 1.29 is 0 Å². The van der Waals surface area contributed by atoms with E-state index in [1.54, 1.807) is 0 Å². The average molecular weight is 238 g/mol. The van der Waals surface area contributed by atoms with Gasteiger partial charge in [0.25, 0.3) is 0 Å². The first kappa shape index (κ1) is 9.58. The van der Waals surface area contributed by atoms with Crippen molar-refractivity contribution in [2.45, 2.75) is 29.8 Å². The first-order chi connectivity index (χ1) is 7.83. The van der Waals surface area contributed by atoms with Gasteiger partial charge in [0.05, 0.1) is 11.8 Å². The van der Waals surface area contributed by atoms with Crippen LogP contribution in [0.15, 0.2) is 5.16 Å². The van der Waals surface area contributed by atoms with Crippen LogP contribution in [-0.2, 0) is 5.75 Å². The molecular weight excluding hydrogens is 228 g/mol. The molecule has 0 spiro atoms. The molecule has 1 saturated carbocycles. The third-order valence-electron chi connectivity index (χ3n) is 2.27. The lowest BCUT2D eigenvalue weighted by atomic mass is 10.6. The van der Waals surface area contributed by atoms with Gasteiger partial charge in [-0.2, -0.15) is 4.98 Å². The van der Waals surface area contributed by atoms with Gasteiger partial charge in [0.2, 0.25) is 11.1 Å². The van der Waals surface area contributed by atoms with Crippen LogP contribution < -0.4 is 5.73 Å². The highest BCUT2D eigenvalue weighted by Gasteiger charge is 2.27. The highest BCUT2D eigenvalue weighted by molar-refractivity contribution is 7.98. The van der Waals surface area contributed by atoms with Gasteiger partial charge in [0, 0.05) is 0 Å². The Morgan fingerprint density at radius 3 is 3.06 bits per heavy atom. The van der Waals surface area contributed by atoms with E-state index >= 15 is 0 Å². The maximum atomic E-state index is 5.43. The molecule has 1 aliphatic rings. The number of H-pyrrole nitrogens is 1. The molecule has 0 radical (unpaired) electrons. The monoisotopic (exact) mass is 238 g/mol. The van der Waals surface area contributed by atoms with E-state index in [1.165, 1.54) is 11.8 Å². The smallest absolute Gasteiger partial charge is 0.216 e. The number of rotatable bonds is 4. The maximum Gasteiger partial charge on any atom is 0.216 e. The summed E-state index contributed by atoms with van der Waals surface area (Å²) >= 11 is 1.46. The third kappa shape index (κ3) is 1.85. The molecule has 0 aromatic carbocycles. The molecule has 8 nitrogen and oxygen atoms in total. The summed E-state index contributed by atoms with van der Waals surface area (Å²) in [7, 11) is 0. The van der Waals surface area contributed by atoms with Gasteiger partial charge in [-0.15, -0.1) is 10.2 Å². The van der Waals surface area contributed by atoms with E-state index in [0.29, 0.717) is 22.9 Å². The molecule has 0 bridgehead atoms. The second kappa shape index (κ2) is 3.74. The Labute approximate surface area is 95.0 Å². The molecule has 3 N–H and O–H groups in total. The van der Waals surface area contributed by atoms with Crippen LogP contribution in [0.3, 0.4) is 0 Å². The van der Waals surface area contributed by atoms with Crippen molar-refractivity contribution >= 4 is 17.7 Å². The van der Waals surface area contributed by atoms with Gasteiger partial charge in [-0.1, -0.05) is 11.8 Å². The Bertz CT molecular complexity index is 486. The molecular formula is C7H10N8S. The zero-order valence-corrected chi connectivity index (χ0v) is 9.18. The van der Waals surface area contributed by atoms with E-state index in [9.17, 15) is 0 Å². The molecule has 84 valence electrons. The van der Waals surface area contributed by atoms with Crippen LogP contribution in [0.2, 0.25) is 0 Å². The quantitative estimate of drug-likeness (QED) is 0.721. The number of aromatic nitrogens is 7. The second-order valence-electron chi connectivity index (χ2n) is 3.56. The van der Waals surface area contributed by atoms with E-state index < -0.39 is 0 Å². The van der Waals surface area contributed by atoms with Crippen molar-refractivity contribution in [1.29, 1.82) is 0 Å². The van der Waals surface area contributed by atoms with Gasteiger partial charge in [-0.3, -0.25) is 0 Å². The molecule has 2 heterocycles. The van der Waals surface area contributed by atoms with Crippen molar-refractivity contribution in [1.82, 2.24) is 35.4 Å². The van der Waals surface area contributed by atoms with E-state index in [1.807, 2.05) is 4.68 Å². The summed E-state index contributed by atoms with van der Waals surface area (Å²) in [5, 5.41) is 18.8. The fourth-order valence-corrected chi connectivity index (χ4v) is 2.08. The van der Waals surface area contributed by atoms with Crippen molar-refractivity contribution in [3.8, 4) is 0 Å². The van der Waals surface area contributed by atoms with Gasteiger partial charge >= 0.3 is 0 Å². The Kier molecular flexibility index (Phi) is 2.24. The van der Waals surface area contributed by atoms with Gasteiger partial charge in [-0.25, -0.2) is 9.78 Å². The summed E-state index contributed by atoms with van der Waals surface area (Å²) in [4.78, 5) is 4.00. The molecule has 1 aliphatic carbocycles. The highest BCUT2D eigenvalue weighted by atomic mass is 32.2. The fraction of sp³-hybridized carbons (Fsp3) is 0.571. The lowest BCUT2D eigenvalue weighted by Crippen LogP contribution is -2.02. The summed E-state index contributed by atoms with van der Waals surface area (Å²) in [6.07, 6.45) is 2.33. The average Bonchev–Trinajstić information content (AvgIpc) is 2.86. The van der Waals surface area contributed by atoms with Crippen molar-refractivity contribution in [3.63, 3.8) is 0 Å².